The fraction of sp³-hybridized carbons (Fsp3) is 0.800. The van der Waals surface area contributed by atoms with Crippen molar-refractivity contribution in [2.75, 3.05) is 0 Å². The van der Waals surface area contributed by atoms with Crippen molar-refractivity contribution < 1.29 is 0 Å². The summed E-state index contributed by atoms with van der Waals surface area (Å²) in [5, 5.41) is 4.59. The molecule has 0 radical (unpaired) electrons. The molecule has 1 fully saturated rings. The molecule has 4 heteroatoms. The maximum absolute atomic E-state index is 6.34. The standard InChI is InChI=1S/C15H26BrN3/c1-4-10-6-7-12(17)11(8-10)9-14-15(16)13(5-2)18-19(14)3/h10-12H,4-9,17H2,1-3H3. The first kappa shape index (κ1) is 15.0. The summed E-state index contributed by atoms with van der Waals surface area (Å²) in [6.45, 7) is 4.45. The van der Waals surface area contributed by atoms with E-state index in [1.807, 2.05) is 11.7 Å². The summed E-state index contributed by atoms with van der Waals surface area (Å²) < 4.78 is 3.23. The molecule has 19 heavy (non-hydrogen) atoms. The lowest BCUT2D eigenvalue weighted by atomic mass is 9.75. The largest absolute Gasteiger partial charge is 0.327 e. The minimum absolute atomic E-state index is 0.356. The average Bonchev–Trinajstić information content (AvgIpc) is 2.68. The summed E-state index contributed by atoms with van der Waals surface area (Å²) in [6, 6.07) is 0.356. The second-order valence-corrected chi connectivity index (χ2v) is 6.69. The lowest BCUT2D eigenvalue weighted by Crippen LogP contribution is -2.37. The minimum Gasteiger partial charge on any atom is -0.327 e. The van der Waals surface area contributed by atoms with Gasteiger partial charge in [0.05, 0.1) is 15.9 Å². The third-order valence-electron chi connectivity index (χ3n) is 4.69. The highest BCUT2D eigenvalue weighted by atomic mass is 79.9. The Bertz CT molecular complexity index is 427. The lowest BCUT2D eigenvalue weighted by Gasteiger charge is -2.33. The molecule has 1 aliphatic carbocycles. The Morgan fingerprint density at radius 2 is 2.11 bits per heavy atom. The fourth-order valence-electron chi connectivity index (χ4n) is 3.28. The van der Waals surface area contributed by atoms with Crippen LogP contribution < -0.4 is 5.73 Å². The van der Waals surface area contributed by atoms with Crippen molar-refractivity contribution in [2.24, 2.45) is 24.6 Å². The zero-order chi connectivity index (χ0) is 14.0. The van der Waals surface area contributed by atoms with Gasteiger partial charge in [0.1, 0.15) is 0 Å². The Morgan fingerprint density at radius 3 is 2.68 bits per heavy atom. The Morgan fingerprint density at radius 1 is 1.37 bits per heavy atom. The first-order valence-electron chi connectivity index (χ1n) is 7.52. The van der Waals surface area contributed by atoms with Gasteiger partial charge >= 0.3 is 0 Å². The van der Waals surface area contributed by atoms with Gasteiger partial charge in [0, 0.05) is 13.1 Å². The van der Waals surface area contributed by atoms with Gasteiger partial charge in [-0.05, 0) is 59.9 Å². The monoisotopic (exact) mass is 327 g/mol. The smallest absolute Gasteiger partial charge is 0.0766 e. The van der Waals surface area contributed by atoms with Crippen molar-refractivity contribution in [3.8, 4) is 0 Å². The molecule has 0 bridgehead atoms. The molecule has 1 aromatic heterocycles. The normalized spacial score (nSPS) is 27.7. The molecule has 108 valence electrons. The number of hydrogen-bond donors (Lipinski definition) is 1. The second-order valence-electron chi connectivity index (χ2n) is 5.90. The molecule has 0 saturated heterocycles. The predicted octanol–water partition coefficient (Wildman–Crippen LogP) is 3.44. The van der Waals surface area contributed by atoms with Crippen molar-refractivity contribution >= 4 is 15.9 Å². The van der Waals surface area contributed by atoms with Crippen LogP contribution in [0.25, 0.3) is 0 Å². The molecule has 3 nitrogen and oxygen atoms in total. The van der Waals surface area contributed by atoms with E-state index in [0.29, 0.717) is 12.0 Å². The molecule has 1 heterocycles. The molecule has 0 aromatic carbocycles. The highest BCUT2D eigenvalue weighted by Crippen LogP contribution is 2.34. The Hall–Kier alpha value is -0.350. The van der Waals surface area contributed by atoms with E-state index in [1.54, 1.807) is 0 Å². The molecule has 2 N–H and O–H groups in total. The summed E-state index contributed by atoms with van der Waals surface area (Å²) in [5.74, 6) is 1.47. The summed E-state index contributed by atoms with van der Waals surface area (Å²) in [5.41, 5.74) is 8.81. The summed E-state index contributed by atoms with van der Waals surface area (Å²) in [6.07, 6.45) is 7.08. The van der Waals surface area contributed by atoms with E-state index in [2.05, 4.69) is 34.9 Å². The minimum atomic E-state index is 0.356. The maximum Gasteiger partial charge on any atom is 0.0766 e. The molecular formula is C15H26BrN3. The van der Waals surface area contributed by atoms with Crippen LogP contribution in [0.1, 0.15) is 50.9 Å². The van der Waals surface area contributed by atoms with E-state index < -0.39 is 0 Å². The third-order valence-corrected chi connectivity index (χ3v) is 5.60. The molecule has 0 amide bonds. The van der Waals surface area contributed by atoms with Crippen LogP contribution in [-0.2, 0) is 19.9 Å². The second kappa shape index (κ2) is 6.40. The zero-order valence-electron chi connectivity index (χ0n) is 12.3. The molecule has 3 unspecified atom stereocenters. The number of nitrogens with two attached hydrogens (primary N) is 1. The van der Waals surface area contributed by atoms with Crippen LogP contribution in [0.15, 0.2) is 4.47 Å². The molecule has 0 spiro atoms. The van der Waals surface area contributed by atoms with Crippen LogP contribution in [-0.4, -0.2) is 15.8 Å². The van der Waals surface area contributed by atoms with Crippen molar-refractivity contribution in [3.05, 3.63) is 15.9 Å². The van der Waals surface area contributed by atoms with Crippen LogP contribution in [0.5, 0.6) is 0 Å². The van der Waals surface area contributed by atoms with Crippen LogP contribution >= 0.6 is 15.9 Å². The van der Waals surface area contributed by atoms with Gasteiger partial charge in [0.25, 0.3) is 0 Å². The van der Waals surface area contributed by atoms with E-state index >= 15 is 0 Å². The molecule has 1 aliphatic rings. The maximum atomic E-state index is 6.34. The van der Waals surface area contributed by atoms with Crippen LogP contribution in [0.3, 0.4) is 0 Å². The Labute approximate surface area is 125 Å². The average molecular weight is 328 g/mol. The van der Waals surface area contributed by atoms with E-state index in [1.165, 1.54) is 35.8 Å². The first-order valence-corrected chi connectivity index (χ1v) is 8.31. The van der Waals surface area contributed by atoms with E-state index in [-0.39, 0.29) is 0 Å². The number of halogens is 1. The quantitative estimate of drug-likeness (QED) is 0.920. The molecule has 2 rings (SSSR count). The highest BCUT2D eigenvalue weighted by molar-refractivity contribution is 9.10. The van der Waals surface area contributed by atoms with Gasteiger partial charge in [-0.3, -0.25) is 4.68 Å². The molecule has 1 aromatic rings. The topological polar surface area (TPSA) is 43.8 Å². The number of nitrogens with zero attached hydrogens (tertiary/aromatic N) is 2. The molecule has 0 aliphatic heterocycles. The van der Waals surface area contributed by atoms with Crippen LogP contribution in [0.4, 0.5) is 0 Å². The SMILES string of the molecule is CCc1nn(C)c(CC2CC(CC)CCC2N)c1Br. The van der Waals surface area contributed by atoms with Gasteiger partial charge in [0.15, 0.2) is 0 Å². The number of rotatable bonds is 4. The van der Waals surface area contributed by atoms with Gasteiger partial charge in [-0.2, -0.15) is 5.10 Å². The number of aromatic nitrogens is 2. The van der Waals surface area contributed by atoms with E-state index in [0.717, 1.165) is 24.5 Å². The van der Waals surface area contributed by atoms with Crippen molar-refractivity contribution in [1.82, 2.24) is 9.78 Å². The molecule has 1 saturated carbocycles. The summed E-state index contributed by atoms with van der Waals surface area (Å²) in [4.78, 5) is 0. The lowest BCUT2D eigenvalue weighted by molar-refractivity contribution is 0.224. The van der Waals surface area contributed by atoms with Gasteiger partial charge in [0.2, 0.25) is 0 Å². The predicted molar refractivity (Wildman–Crippen MR) is 83.1 cm³/mol. The van der Waals surface area contributed by atoms with Gasteiger partial charge in [-0.1, -0.05) is 20.3 Å². The van der Waals surface area contributed by atoms with Crippen LogP contribution in [0, 0.1) is 11.8 Å². The van der Waals surface area contributed by atoms with E-state index in [9.17, 15) is 0 Å². The number of hydrogen-bond acceptors (Lipinski definition) is 2. The summed E-state index contributed by atoms with van der Waals surface area (Å²) >= 11 is 3.72. The molecule has 3 atom stereocenters. The van der Waals surface area contributed by atoms with Gasteiger partial charge in [-0.25, -0.2) is 0 Å². The Balaban J connectivity index is 2.13. The fourth-order valence-corrected chi connectivity index (χ4v) is 4.06. The summed E-state index contributed by atoms with van der Waals surface area (Å²) in [7, 11) is 2.05. The number of aryl methyl sites for hydroxylation is 2. The highest BCUT2D eigenvalue weighted by Gasteiger charge is 2.29. The van der Waals surface area contributed by atoms with Gasteiger partial charge < -0.3 is 5.73 Å². The first-order chi connectivity index (χ1) is 9.06. The van der Waals surface area contributed by atoms with E-state index in [4.69, 9.17) is 5.73 Å². The van der Waals surface area contributed by atoms with Gasteiger partial charge in [-0.15, -0.1) is 0 Å². The Kier molecular flexibility index (Phi) is 5.07. The molecular weight excluding hydrogens is 302 g/mol. The van der Waals surface area contributed by atoms with Crippen molar-refractivity contribution in [2.45, 2.75) is 58.4 Å². The van der Waals surface area contributed by atoms with Crippen molar-refractivity contribution in [3.63, 3.8) is 0 Å². The third kappa shape index (κ3) is 3.22. The van der Waals surface area contributed by atoms with Crippen LogP contribution in [0.2, 0.25) is 0 Å². The van der Waals surface area contributed by atoms with Crippen molar-refractivity contribution in [1.29, 1.82) is 0 Å². The zero-order valence-corrected chi connectivity index (χ0v) is 13.9.